The second-order valence-corrected chi connectivity index (χ2v) is 8.06. The minimum atomic E-state index is -1.26. The normalized spacial score (nSPS) is 14.0. The molecule has 3 N–H and O–H groups in total. The first-order chi connectivity index (χ1) is 15.8. The lowest BCUT2D eigenvalue weighted by atomic mass is 9.89. The van der Waals surface area contributed by atoms with Crippen molar-refractivity contribution in [2.45, 2.75) is 31.3 Å². The van der Waals surface area contributed by atoms with Gasteiger partial charge in [0.25, 0.3) is 0 Å². The van der Waals surface area contributed by atoms with Gasteiger partial charge in [0.2, 0.25) is 11.8 Å². The first-order valence-corrected chi connectivity index (χ1v) is 10.6. The van der Waals surface area contributed by atoms with E-state index in [0.29, 0.717) is 5.56 Å². The zero-order valence-electron chi connectivity index (χ0n) is 17.9. The Morgan fingerprint density at radius 3 is 2.06 bits per heavy atom. The van der Waals surface area contributed by atoms with Crippen molar-refractivity contribution in [1.29, 1.82) is 0 Å². The predicted molar refractivity (Wildman–Crippen MR) is 121 cm³/mol. The van der Waals surface area contributed by atoms with Gasteiger partial charge in [-0.05, 0) is 39.9 Å². The quantitative estimate of drug-likeness (QED) is 0.519. The van der Waals surface area contributed by atoms with Gasteiger partial charge in [-0.2, -0.15) is 0 Å². The highest BCUT2D eigenvalue weighted by Crippen LogP contribution is 2.46. The highest BCUT2D eigenvalue weighted by atomic mass is 19.1. The van der Waals surface area contributed by atoms with Gasteiger partial charge in [0.05, 0.1) is 0 Å². The van der Waals surface area contributed by atoms with E-state index in [1.807, 2.05) is 48.5 Å². The lowest BCUT2D eigenvalue weighted by molar-refractivity contribution is -0.142. The number of hydrogen-bond donors (Lipinski definition) is 3. The van der Waals surface area contributed by atoms with Crippen molar-refractivity contribution in [2.75, 3.05) is 0 Å². The second-order valence-electron chi connectivity index (χ2n) is 8.06. The molecule has 2 atom stereocenters. The van der Waals surface area contributed by atoms with Crippen molar-refractivity contribution in [3.05, 3.63) is 95.3 Å². The molecule has 0 unspecified atom stereocenters. The Morgan fingerprint density at radius 2 is 1.52 bits per heavy atom. The van der Waals surface area contributed by atoms with Crippen LogP contribution in [0.5, 0.6) is 0 Å². The molecule has 6 nitrogen and oxygen atoms in total. The highest BCUT2D eigenvalue weighted by Gasteiger charge is 2.39. The standard InChI is InChI=1S/C26H23FN2O4/c1-15(30)28-22(14-16-7-6-8-17(27)13-16)25(31)29-24(26(32)33)23-20-11-4-2-9-18(20)19-10-3-5-12-21(19)23/h2-13,22-24H,14H2,1H3,(H,28,30)(H,29,31)(H,32,33)/t22-,24+/m1/s1. The molecule has 0 bridgehead atoms. The molecule has 3 aromatic carbocycles. The van der Waals surface area contributed by atoms with Crippen LogP contribution in [0.15, 0.2) is 72.8 Å². The van der Waals surface area contributed by atoms with Gasteiger partial charge in [-0.15, -0.1) is 0 Å². The van der Waals surface area contributed by atoms with Gasteiger partial charge in [0, 0.05) is 19.3 Å². The van der Waals surface area contributed by atoms with Crippen LogP contribution in [0.2, 0.25) is 0 Å². The van der Waals surface area contributed by atoms with E-state index in [-0.39, 0.29) is 6.42 Å². The third kappa shape index (κ3) is 4.62. The molecule has 3 aromatic rings. The number of fused-ring (bicyclic) bond motifs is 3. The lowest BCUT2D eigenvalue weighted by Crippen LogP contribution is -2.53. The van der Waals surface area contributed by atoms with E-state index in [1.54, 1.807) is 6.07 Å². The number of carbonyl (C=O) groups excluding carboxylic acids is 2. The molecule has 0 aromatic heterocycles. The van der Waals surface area contributed by atoms with E-state index in [1.165, 1.54) is 25.1 Å². The first kappa shape index (κ1) is 22.2. The van der Waals surface area contributed by atoms with Gasteiger partial charge in [0.1, 0.15) is 17.9 Å². The third-order valence-electron chi connectivity index (χ3n) is 5.80. The van der Waals surface area contributed by atoms with E-state index < -0.39 is 41.6 Å². The molecule has 168 valence electrons. The molecule has 1 aliphatic carbocycles. The molecule has 7 heteroatoms. The number of amides is 2. The van der Waals surface area contributed by atoms with Crippen LogP contribution >= 0.6 is 0 Å². The number of aliphatic carboxylic acids is 1. The molecule has 0 aliphatic heterocycles. The minimum Gasteiger partial charge on any atom is -0.480 e. The SMILES string of the molecule is CC(=O)N[C@H](Cc1cccc(F)c1)C(=O)N[C@H](C(=O)O)C1c2ccccc2-c2ccccc21. The van der Waals surface area contributed by atoms with E-state index in [2.05, 4.69) is 10.6 Å². The lowest BCUT2D eigenvalue weighted by Gasteiger charge is -2.26. The summed E-state index contributed by atoms with van der Waals surface area (Å²) in [6, 6.07) is 18.4. The summed E-state index contributed by atoms with van der Waals surface area (Å²) in [5.74, 6) is -3.34. The number of halogens is 1. The molecule has 33 heavy (non-hydrogen) atoms. The molecule has 1 aliphatic rings. The smallest absolute Gasteiger partial charge is 0.327 e. The second kappa shape index (κ2) is 9.24. The molecule has 0 radical (unpaired) electrons. The molecule has 0 heterocycles. The van der Waals surface area contributed by atoms with E-state index in [0.717, 1.165) is 22.3 Å². The summed E-state index contributed by atoms with van der Waals surface area (Å²) in [6.07, 6.45) is 0.0212. The maximum absolute atomic E-state index is 13.6. The molecule has 0 saturated carbocycles. The minimum absolute atomic E-state index is 0.0212. The van der Waals surface area contributed by atoms with Gasteiger partial charge in [-0.25, -0.2) is 9.18 Å². The van der Waals surface area contributed by atoms with Gasteiger partial charge >= 0.3 is 5.97 Å². The average Bonchev–Trinajstić information content (AvgIpc) is 3.11. The molecule has 2 amide bonds. The fraction of sp³-hybridized carbons (Fsp3) is 0.192. The molecular weight excluding hydrogens is 423 g/mol. The van der Waals surface area contributed by atoms with Gasteiger partial charge in [-0.3, -0.25) is 9.59 Å². The summed E-state index contributed by atoms with van der Waals surface area (Å²) in [6.45, 7) is 1.27. The van der Waals surface area contributed by atoms with Gasteiger partial charge in [0.15, 0.2) is 0 Å². The number of carboxylic acid groups (broad SMARTS) is 1. The predicted octanol–water partition coefficient (Wildman–Crippen LogP) is 3.25. The van der Waals surface area contributed by atoms with Gasteiger partial charge < -0.3 is 15.7 Å². The summed E-state index contributed by atoms with van der Waals surface area (Å²) in [4.78, 5) is 37.3. The number of rotatable bonds is 7. The molecule has 0 saturated heterocycles. The Hall–Kier alpha value is -4.00. The Kier molecular flexibility index (Phi) is 6.22. The Morgan fingerprint density at radius 1 is 0.909 bits per heavy atom. The van der Waals surface area contributed by atoms with Crippen LogP contribution in [0.4, 0.5) is 4.39 Å². The van der Waals surface area contributed by atoms with Crippen molar-refractivity contribution in [1.82, 2.24) is 10.6 Å². The van der Waals surface area contributed by atoms with Crippen LogP contribution in [0.25, 0.3) is 11.1 Å². The summed E-state index contributed by atoms with van der Waals surface area (Å²) in [7, 11) is 0. The molecule has 0 spiro atoms. The topological polar surface area (TPSA) is 95.5 Å². The first-order valence-electron chi connectivity index (χ1n) is 10.6. The largest absolute Gasteiger partial charge is 0.480 e. The van der Waals surface area contributed by atoms with Crippen LogP contribution in [0, 0.1) is 5.82 Å². The van der Waals surface area contributed by atoms with Crippen molar-refractivity contribution >= 4 is 17.8 Å². The van der Waals surface area contributed by atoms with Crippen LogP contribution in [0.3, 0.4) is 0 Å². The summed E-state index contributed by atoms with van der Waals surface area (Å²) < 4.78 is 13.6. The zero-order chi connectivity index (χ0) is 23.5. The van der Waals surface area contributed by atoms with Gasteiger partial charge in [-0.1, -0.05) is 60.7 Å². The van der Waals surface area contributed by atoms with Crippen molar-refractivity contribution in [2.24, 2.45) is 0 Å². The fourth-order valence-corrected chi connectivity index (χ4v) is 4.45. The number of carboxylic acids is 1. The monoisotopic (exact) mass is 446 g/mol. The maximum atomic E-state index is 13.6. The molecule has 0 fully saturated rings. The summed E-state index contributed by atoms with van der Waals surface area (Å²) in [5.41, 5.74) is 3.99. The maximum Gasteiger partial charge on any atom is 0.327 e. The Bertz CT molecular complexity index is 1180. The number of nitrogens with one attached hydrogen (secondary N) is 2. The van der Waals surface area contributed by atoms with Crippen LogP contribution in [0.1, 0.15) is 29.5 Å². The number of carbonyl (C=O) groups is 3. The third-order valence-corrected chi connectivity index (χ3v) is 5.80. The van der Waals surface area contributed by atoms with Crippen LogP contribution in [-0.2, 0) is 20.8 Å². The number of hydrogen-bond acceptors (Lipinski definition) is 3. The van der Waals surface area contributed by atoms with Crippen molar-refractivity contribution in [3.63, 3.8) is 0 Å². The number of benzene rings is 3. The summed E-state index contributed by atoms with van der Waals surface area (Å²) >= 11 is 0. The summed E-state index contributed by atoms with van der Waals surface area (Å²) in [5, 5.41) is 15.3. The fourth-order valence-electron chi connectivity index (χ4n) is 4.45. The van der Waals surface area contributed by atoms with E-state index >= 15 is 0 Å². The molecule has 4 rings (SSSR count). The van der Waals surface area contributed by atoms with Crippen molar-refractivity contribution in [3.8, 4) is 11.1 Å². The van der Waals surface area contributed by atoms with Crippen molar-refractivity contribution < 1.29 is 23.9 Å². The zero-order valence-corrected chi connectivity index (χ0v) is 17.9. The Labute approximate surface area is 190 Å². The van der Waals surface area contributed by atoms with Crippen LogP contribution < -0.4 is 10.6 Å². The molecular formula is C26H23FN2O4. The van der Waals surface area contributed by atoms with E-state index in [9.17, 15) is 23.9 Å². The Balaban J connectivity index is 1.65. The van der Waals surface area contributed by atoms with E-state index in [4.69, 9.17) is 0 Å². The van der Waals surface area contributed by atoms with Crippen LogP contribution in [-0.4, -0.2) is 35.0 Å². The average molecular weight is 446 g/mol. The highest BCUT2D eigenvalue weighted by molar-refractivity contribution is 5.92.